The monoisotopic (exact) mass is 545 g/mol. The summed E-state index contributed by atoms with van der Waals surface area (Å²) in [5.74, 6) is 3.32. The highest BCUT2D eigenvalue weighted by atomic mass is 16.3. The lowest BCUT2D eigenvalue weighted by Crippen LogP contribution is -2.53. The largest absolute Gasteiger partial charge is 0.391 e. The fourth-order valence-electron chi connectivity index (χ4n) is 7.68. The number of rotatable bonds is 13. The van der Waals surface area contributed by atoms with Crippen LogP contribution in [-0.4, -0.2) is 106 Å². The van der Waals surface area contributed by atoms with Gasteiger partial charge in [-0.2, -0.15) is 0 Å². The molecule has 4 N–H and O–H groups in total. The number of aliphatic imine (C=N–C) groups is 1. The van der Waals surface area contributed by atoms with E-state index >= 15 is 0 Å². The van der Waals surface area contributed by atoms with Gasteiger partial charge in [0.25, 0.3) is 0 Å². The molecule has 1 aliphatic carbocycles. The van der Waals surface area contributed by atoms with Crippen LogP contribution in [0.4, 0.5) is 0 Å². The van der Waals surface area contributed by atoms with Crippen LogP contribution in [-0.2, 0) is 0 Å². The number of hydrogen-bond acceptors (Lipinski definition) is 6. The molecule has 0 bridgehead atoms. The van der Waals surface area contributed by atoms with Gasteiger partial charge in [0.05, 0.1) is 24.7 Å². The molecule has 39 heavy (non-hydrogen) atoms. The van der Waals surface area contributed by atoms with Gasteiger partial charge in [-0.15, -0.1) is 0 Å². The van der Waals surface area contributed by atoms with Crippen LogP contribution in [0.25, 0.3) is 0 Å². The number of aliphatic hydroxyl groups excluding tert-OH is 1. The molecular weight excluding hydrogens is 486 g/mol. The summed E-state index contributed by atoms with van der Waals surface area (Å²) in [7, 11) is 0. The highest BCUT2D eigenvalue weighted by Gasteiger charge is 2.42. The molecule has 3 aliphatic heterocycles. The molecule has 0 aromatic heterocycles. The lowest BCUT2D eigenvalue weighted by atomic mass is 9.84. The molecule has 4 rings (SSSR count). The average Bonchev–Trinajstić information content (AvgIpc) is 3.58. The molecule has 0 amide bonds. The lowest BCUT2D eigenvalue weighted by molar-refractivity contribution is 0.0998. The quantitative estimate of drug-likeness (QED) is 0.321. The Kier molecular flexibility index (Phi) is 10.8. The minimum atomic E-state index is -0.435. The lowest BCUT2D eigenvalue weighted by Gasteiger charge is -2.39. The van der Waals surface area contributed by atoms with Crippen molar-refractivity contribution in [3.8, 4) is 0 Å². The molecule has 3 fully saturated rings. The predicted molar refractivity (Wildman–Crippen MR) is 162 cm³/mol. The number of nitrogens with zero attached hydrogens (tertiary/aromatic N) is 5. The maximum absolute atomic E-state index is 10.7. The summed E-state index contributed by atoms with van der Waals surface area (Å²) < 4.78 is 0. The molecule has 5 atom stereocenters. The Balaban J connectivity index is 1.49. The van der Waals surface area contributed by atoms with E-state index in [2.05, 4.69) is 52.3 Å². The Morgan fingerprint density at radius 2 is 1.74 bits per heavy atom. The van der Waals surface area contributed by atoms with Crippen molar-refractivity contribution in [3.05, 3.63) is 0 Å². The minimum absolute atomic E-state index is 0.0142. The predicted octanol–water partition coefficient (Wildman–Crippen LogP) is 4.18. The number of aliphatic hydroxyl groups is 1. The molecule has 4 aliphatic rings. The van der Waals surface area contributed by atoms with E-state index in [9.17, 15) is 10.5 Å². The van der Waals surface area contributed by atoms with Crippen LogP contribution in [0.5, 0.6) is 0 Å². The van der Waals surface area contributed by atoms with Crippen molar-refractivity contribution < 1.29 is 5.11 Å². The Hall–Kier alpha value is -1.54. The van der Waals surface area contributed by atoms with Crippen molar-refractivity contribution in [1.29, 1.82) is 5.41 Å². The van der Waals surface area contributed by atoms with Crippen molar-refractivity contribution in [1.82, 2.24) is 19.6 Å². The Morgan fingerprint density at radius 3 is 2.41 bits per heavy atom. The van der Waals surface area contributed by atoms with Crippen LogP contribution in [0.2, 0.25) is 0 Å². The van der Waals surface area contributed by atoms with Crippen LogP contribution in [0, 0.1) is 23.2 Å². The van der Waals surface area contributed by atoms with E-state index in [4.69, 9.17) is 5.73 Å². The van der Waals surface area contributed by atoms with Crippen LogP contribution in [0.3, 0.4) is 0 Å². The molecule has 0 aromatic carbocycles. The zero-order valence-electron chi connectivity index (χ0n) is 25.7. The van der Waals surface area contributed by atoms with E-state index in [1.165, 1.54) is 51.4 Å². The summed E-state index contributed by atoms with van der Waals surface area (Å²) >= 11 is 0. The first-order valence-electron chi connectivity index (χ1n) is 16.3. The van der Waals surface area contributed by atoms with Crippen molar-refractivity contribution in [2.24, 2.45) is 28.5 Å². The maximum Gasteiger partial charge on any atom is 0.194 e. The Labute approximate surface area is 238 Å². The number of nitrogens with one attached hydrogen (secondary N) is 1. The van der Waals surface area contributed by atoms with E-state index < -0.39 is 6.10 Å². The third-order valence-electron chi connectivity index (χ3n) is 10.1. The first-order valence-corrected chi connectivity index (χ1v) is 16.3. The van der Waals surface area contributed by atoms with Crippen molar-refractivity contribution in [3.63, 3.8) is 0 Å². The fraction of sp³-hybridized carbons (Fsp3) is 0.935. The highest BCUT2D eigenvalue weighted by Crippen LogP contribution is 2.33. The zero-order chi connectivity index (χ0) is 28.1. The van der Waals surface area contributed by atoms with Crippen molar-refractivity contribution >= 4 is 11.9 Å². The molecule has 1 saturated carbocycles. The second kappa shape index (κ2) is 13.9. The maximum atomic E-state index is 10.7. The minimum Gasteiger partial charge on any atom is -0.391 e. The van der Waals surface area contributed by atoms with Gasteiger partial charge in [-0.05, 0) is 63.3 Å². The summed E-state index contributed by atoms with van der Waals surface area (Å²) in [6.07, 6.45) is 12.1. The number of hydrogen-bond donors (Lipinski definition) is 3. The number of likely N-dealkylation sites (tertiary alicyclic amines) is 1. The summed E-state index contributed by atoms with van der Waals surface area (Å²) in [6, 6.07) is 1.23. The third kappa shape index (κ3) is 7.60. The standard InChI is InChI=1S/C31H59N7O/c1-22(2)11-9-16-36-29(24(5)39)21-37(31(36)33)27(17-25-12-7-6-8-13-25)19-35-15-10-14-26(35)20-38-28(23(3)4)18-34-30(38)32/h22-29,33,39H,6-21H2,1-5H3,(H2,32,34)/t24-,26-,27+,28-,29-/m0/s1. The van der Waals surface area contributed by atoms with Gasteiger partial charge >= 0.3 is 0 Å². The first-order chi connectivity index (χ1) is 18.7. The topological polar surface area (TPSA) is 95.4 Å². The van der Waals surface area contributed by atoms with E-state index in [-0.39, 0.29) is 6.04 Å². The van der Waals surface area contributed by atoms with Crippen LogP contribution < -0.4 is 5.73 Å². The van der Waals surface area contributed by atoms with E-state index in [0.29, 0.717) is 35.9 Å². The van der Waals surface area contributed by atoms with E-state index in [0.717, 1.165) is 64.0 Å². The van der Waals surface area contributed by atoms with Gasteiger partial charge in [0.2, 0.25) is 0 Å². The fourth-order valence-corrected chi connectivity index (χ4v) is 7.68. The average molecular weight is 546 g/mol. The smallest absolute Gasteiger partial charge is 0.194 e. The molecule has 3 heterocycles. The van der Waals surface area contributed by atoms with E-state index in [1.54, 1.807) is 0 Å². The Morgan fingerprint density at radius 1 is 1.00 bits per heavy atom. The van der Waals surface area contributed by atoms with Gasteiger partial charge in [0.15, 0.2) is 11.9 Å². The Bertz CT molecular complexity index is 809. The molecule has 0 spiro atoms. The van der Waals surface area contributed by atoms with Gasteiger partial charge < -0.3 is 25.5 Å². The third-order valence-corrected chi connectivity index (χ3v) is 10.1. The van der Waals surface area contributed by atoms with Crippen molar-refractivity contribution in [2.45, 2.75) is 129 Å². The SMILES string of the molecule is CC(C)CCCN1C(=N)N([C@H](CC2CCCCC2)CN2CCC[C@H]2CN2C(N)=NC[C@H]2C(C)C)C[C@H]1[C@H](C)O. The molecule has 0 aromatic rings. The van der Waals surface area contributed by atoms with E-state index in [1.807, 2.05) is 6.92 Å². The van der Waals surface area contributed by atoms with Gasteiger partial charge in [-0.25, -0.2) is 0 Å². The van der Waals surface area contributed by atoms with Crippen LogP contribution in [0.1, 0.15) is 98.8 Å². The molecule has 0 radical (unpaired) electrons. The summed E-state index contributed by atoms with van der Waals surface area (Å²) in [6.45, 7) is 16.6. The van der Waals surface area contributed by atoms with Crippen LogP contribution >= 0.6 is 0 Å². The molecule has 8 nitrogen and oxygen atoms in total. The molecule has 8 heteroatoms. The second-order valence-corrected chi connectivity index (χ2v) is 13.9. The highest BCUT2D eigenvalue weighted by molar-refractivity contribution is 5.80. The number of nitrogens with two attached hydrogens (primary N) is 1. The summed E-state index contributed by atoms with van der Waals surface area (Å²) in [5.41, 5.74) is 6.38. The first kappa shape index (κ1) is 30.4. The van der Waals surface area contributed by atoms with Crippen molar-refractivity contribution in [2.75, 3.05) is 39.3 Å². The number of guanidine groups is 2. The summed E-state index contributed by atoms with van der Waals surface area (Å²) in [4.78, 5) is 14.3. The molecule has 0 unspecified atom stereocenters. The van der Waals surface area contributed by atoms with Gasteiger partial charge in [0, 0.05) is 38.3 Å². The van der Waals surface area contributed by atoms with Crippen LogP contribution in [0.15, 0.2) is 4.99 Å². The van der Waals surface area contributed by atoms with Gasteiger partial charge in [0.1, 0.15) is 0 Å². The molecule has 2 saturated heterocycles. The zero-order valence-corrected chi connectivity index (χ0v) is 25.7. The normalized spacial score (nSPS) is 28.8. The molecular formula is C31H59N7O. The summed E-state index contributed by atoms with van der Waals surface area (Å²) in [5, 5.41) is 20.1. The van der Waals surface area contributed by atoms with Gasteiger partial charge in [-0.1, -0.05) is 59.8 Å². The molecule has 224 valence electrons. The van der Waals surface area contributed by atoms with Gasteiger partial charge in [-0.3, -0.25) is 15.3 Å². The second-order valence-electron chi connectivity index (χ2n) is 13.9.